The van der Waals surface area contributed by atoms with Crippen LogP contribution in [0.25, 0.3) is 74.1 Å². The summed E-state index contributed by atoms with van der Waals surface area (Å²) in [7, 11) is 0. The molecule has 11 aromatic rings. The Hall–Kier alpha value is -5.92. The van der Waals surface area contributed by atoms with Gasteiger partial charge >= 0.3 is 0 Å². The predicted molar refractivity (Wildman–Crippen MR) is 226 cm³/mol. The van der Waals surface area contributed by atoms with Crippen LogP contribution in [-0.2, 0) is 0 Å². The Morgan fingerprint density at radius 1 is 0.404 bits per heavy atom. The van der Waals surface area contributed by atoms with Gasteiger partial charge in [-0.25, -0.2) is 0 Å². The predicted octanol–water partition coefficient (Wildman–Crippen LogP) is 14.4. The van der Waals surface area contributed by atoms with E-state index < -0.39 is 0 Å². The molecule has 5 aromatic heterocycles. The van der Waals surface area contributed by atoms with Crippen molar-refractivity contribution in [2.75, 3.05) is 4.90 Å². The summed E-state index contributed by atoms with van der Waals surface area (Å²) in [6.07, 6.45) is 0. The van der Waals surface area contributed by atoms with Gasteiger partial charge in [0, 0.05) is 22.7 Å². The van der Waals surface area contributed by atoms with Gasteiger partial charge in [-0.2, -0.15) is 0 Å². The molecule has 6 heteroatoms. The first kappa shape index (κ1) is 29.8. The van der Waals surface area contributed by atoms with E-state index in [4.69, 9.17) is 0 Å². The van der Waals surface area contributed by atoms with Crippen LogP contribution in [0.15, 0.2) is 175 Å². The highest BCUT2D eigenvalue weighted by Crippen LogP contribution is 2.52. The Balaban J connectivity index is 1.15. The second kappa shape index (κ2) is 11.8. The van der Waals surface area contributed by atoms with Crippen LogP contribution in [0.2, 0.25) is 0 Å². The zero-order valence-electron chi connectivity index (χ0n) is 27.8. The maximum atomic E-state index is 2.50. The molecule has 0 spiro atoms. The van der Waals surface area contributed by atoms with Crippen LogP contribution in [0, 0.1) is 0 Å². The lowest BCUT2D eigenvalue weighted by Gasteiger charge is -2.23. The number of aromatic nitrogens is 2. The molecule has 0 aliphatic carbocycles. The van der Waals surface area contributed by atoms with Gasteiger partial charge in [0.1, 0.15) is 5.00 Å². The molecular weight excluding hydrogens is 691 g/mol. The van der Waals surface area contributed by atoms with E-state index in [0.29, 0.717) is 0 Å². The number of rotatable bonds is 6. The fraction of sp³-hybridized carbons (Fsp3) is 0. The molecule has 0 amide bonds. The van der Waals surface area contributed by atoms with E-state index in [9.17, 15) is 0 Å². The minimum atomic E-state index is 1.15. The largest absolute Gasteiger partial charge is 0.306 e. The van der Waals surface area contributed by atoms with Crippen molar-refractivity contribution in [1.29, 1.82) is 0 Å². The Kier molecular flexibility index (Phi) is 6.77. The van der Waals surface area contributed by atoms with Crippen molar-refractivity contribution in [1.82, 2.24) is 9.13 Å². The summed E-state index contributed by atoms with van der Waals surface area (Å²) in [6, 6.07) is 61.4. The van der Waals surface area contributed by atoms with Crippen molar-refractivity contribution in [3.05, 3.63) is 175 Å². The average Bonchev–Trinajstić information content (AvgIpc) is 4.02. The molecule has 0 saturated heterocycles. The van der Waals surface area contributed by atoms with Crippen molar-refractivity contribution in [2.45, 2.75) is 0 Å². The summed E-state index contributed by atoms with van der Waals surface area (Å²) in [4.78, 5) is 2.38. The smallest absolute Gasteiger partial charge is 0.103 e. The molecule has 5 heterocycles. The number of anilines is 3. The van der Waals surface area contributed by atoms with Gasteiger partial charge in [0.25, 0.3) is 0 Å². The Morgan fingerprint density at radius 2 is 0.981 bits per heavy atom. The Morgan fingerprint density at radius 3 is 1.69 bits per heavy atom. The third-order valence-corrected chi connectivity index (χ3v) is 13.5. The Bertz CT molecular complexity index is 3010. The third-order valence-electron chi connectivity index (χ3n) is 10.0. The molecular formula is C46H29N3S3. The SMILES string of the molecule is c1ccc(N(c2ccccc2)c2cc3c(s2)c2sc4c5sccc5n(-c5ccc(-c6ccc7ccccc7c6)cc5)c4c2n3-c2ccccc2)cc1. The molecule has 0 aliphatic heterocycles. The monoisotopic (exact) mass is 719 g/mol. The number of hydrogen-bond donors (Lipinski definition) is 0. The third kappa shape index (κ3) is 4.55. The summed E-state index contributed by atoms with van der Waals surface area (Å²) in [6.45, 7) is 0. The van der Waals surface area contributed by atoms with Crippen LogP contribution in [0.5, 0.6) is 0 Å². The lowest BCUT2D eigenvalue weighted by atomic mass is 10.0. The van der Waals surface area contributed by atoms with Crippen LogP contribution in [0.3, 0.4) is 0 Å². The summed E-state index contributed by atoms with van der Waals surface area (Å²) in [5.74, 6) is 0. The summed E-state index contributed by atoms with van der Waals surface area (Å²) in [5, 5.41) is 5.95. The zero-order valence-corrected chi connectivity index (χ0v) is 30.3. The fourth-order valence-corrected chi connectivity index (χ4v) is 11.3. The number of nitrogens with zero attached hydrogens (tertiary/aromatic N) is 3. The summed E-state index contributed by atoms with van der Waals surface area (Å²) < 4.78 is 10.3. The minimum absolute atomic E-state index is 1.15. The van der Waals surface area contributed by atoms with E-state index in [1.165, 1.54) is 79.1 Å². The molecule has 52 heavy (non-hydrogen) atoms. The van der Waals surface area contributed by atoms with Crippen LogP contribution in [-0.4, -0.2) is 9.13 Å². The van der Waals surface area contributed by atoms with Gasteiger partial charge in [-0.15, -0.1) is 34.0 Å². The van der Waals surface area contributed by atoms with Crippen LogP contribution in [0.1, 0.15) is 0 Å². The molecule has 0 radical (unpaired) electrons. The van der Waals surface area contributed by atoms with Gasteiger partial charge in [-0.3, -0.25) is 0 Å². The molecule has 0 atom stereocenters. The molecule has 6 aromatic carbocycles. The van der Waals surface area contributed by atoms with E-state index in [1.807, 2.05) is 34.0 Å². The fourth-order valence-electron chi connectivity index (χ4n) is 7.68. The molecule has 0 unspecified atom stereocenters. The summed E-state index contributed by atoms with van der Waals surface area (Å²) in [5.41, 5.74) is 12.1. The number of hydrogen-bond acceptors (Lipinski definition) is 4. The van der Waals surface area contributed by atoms with Crippen LogP contribution in [0.4, 0.5) is 16.4 Å². The van der Waals surface area contributed by atoms with Gasteiger partial charge in [0.15, 0.2) is 0 Å². The first-order valence-electron chi connectivity index (χ1n) is 17.3. The van der Waals surface area contributed by atoms with Crippen molar-refractivity contribution >= 4 is 102 Å². The van der Waals surface area contributed by atoms with Crippen molar-refractivity contribution < 1.29 is 0 Å². The normalized spacial score (nSPS) is 11.8. The number of para-hydroxylation sites is 3. The molecule has 11 rings (SSSR count). The minimum Gasteiger partial charge on any atom is -0.306 e. The van der Waals surface area contributed by atoms with Gasteiger partial charge < -0.3 is 14.0 Å². The van der Waals surface area contributed by atoms with E-state index >= 15 is 0 Å². The molecule has 246 valence electrons. The van der Waals surface area contributed by atoms with E-state index in [2.05, 4.69) is 189 Å². The highest BCUT2D eigenvalue weighted by atomic mass is 32.1. The lowest BCUT2D eigenvalue weighted by molar-refractivity contribution is 1.15. The van der Waals surface area contributed by atoms with Gasteiger partial charge in [-0.05, 0) is 94.0 Å². The second-order valence-electron chi connectivity index (χ2n) is 13.0. The molecule has 3 nitrogen and oxygen atoms in total. The maximum absolute atomic E-state index is 2.50. The first-order chi connectivity index (χ1) is 25.8. The quantitative estimate of drug-likeness (QED) is 0.167. The molecule has 0 bridgehead atoms. The Labute approximate surface area is 312 Å². The number of thiophene rings is 3. The lowest BCUT2D eigenvalue weighted by Crippen LogP contribution is -2.07. The molecule has 0 fully saturated rings. The van der Waals surface area contributed by atoms with Crippen LogP contribution >= 0.6 is 34.0 Å². The van der Waals surface area contributed by atoms with E-state index in [1.54, 1.807) is 0 Å². The maximum Gasteiger partial charge on any atom is 0.103 e. The van der Waals surface area contributed by atoms with E-state index in [-0.39, 0.29) is 0 Å². The number of fused-ring (bicyclic) bond motifs is 8. The van der Waals surface area contributed by atoms with Crippen LogP contribution < -0.4 is 4.90 Å². The number of benzene rings is 6. The van der Waals surface area contributed by atoms with Crippen molar-refractivity contribution in [2.24, 2.45) is 0 Å². The first-order valence-corrected chi connectivity index (χ1v) is 19.8. The standard InChI is InChI=1S/C46H29N3S3/c1-4-14-34(15-5-1)47(35-16-6-2-7-17-35)40-29-39-44(51-40)46-42(49(39)36-18-8-3-9-19-36)41-45(52-46)43-38(26-27-50-43)48(41)37-24-22-31(23-25-37)33-21-20-30-12-10-11-13-32(30)28-33/h1-29H. The molecule has 0 saturated carbocycles. The average molecular weight is 720 g/mol. The second-order valence-corrected chi connectivity index (χ2v) is 16.0. The highest BCUT2D eigenvalue weighted by molar-refractivity contribution is 7.34. The zero-order chi connectivity index (χ0) is 34.2. The van der Waals surface area contributed by atoms with Gasteiger partial charge in [0.2, 0.25) is 0 Å². The van der Waals surface area contributed by atoms with Crippen molar-refractivity contribution in [3.8, 4) is 22.5 Å². The topological polar surface area (TPSA) is 13.1 Å². The molecule has 0 N–H and O–H groups in total. The van der Waals surface area contributed by atoms with Gasteiger partial charge in [0.05, 0.1) is 40.9 Å². The summed E-state index contributed by atoms with van der Waals surface area (Å²) >= 11 is 5.65. The molecule has 0 aliphatic rings. The van der Waals surface area contributed by atoms with Crippen molar-refractivity contribution in [3.63, 3.8) is 0 Å². The van der Waals surface area contributed by atoms with E-state index in [0.717, 1.165) is 11.4 Å². The highest BCUT2D eigenvalue weighted by Gasteiger charge is 2.27. The van der Waals surface area contributed by atoms with Gasteiger partial charge in [-0.1, -0.05) is 103 Å².